The third kappa shape index (κ3) is 5.10. The van der Waals surface area contributed by atoms with E-state index in [1.165, 1.54) is 30.6 Å². The van der Waals surface area contributed by atoms with E-state index >= 15 is 0 Å². The van der Waals surface area contributed by atoms with Crippen LogP contribution >= 0.6 is 11.3 Å². The molecule has 1 aromatic rings. The predicted octanol–water partition coefficient (Wildman–Crippen LogP) is 3.69. The number of rotatable bonds is 4. The summed E-state index contributed by atoms with van der Waals surface area (Å²) in [6.45, 7) is 11.3. The van der Waals surface area contributed by atoms with Gasteiger partial charge in [0.2, 0.25) is 0 Å². The first-order valence-electron chi connectivity index (χ1n) is 9.99. The Morgan fingerprint density at radius 2 is 1.93 bits per heavy atom. The van der Waals surface area contributed by atoms with Gasteiger partial charge in [-0.05, 0) is 40.5 Å². The molecule has 0 unspecified atom stereocenters. The van der Waals surface area contributed by atoms with E-state index in [4.69, 9.17) is 9.47 Å². The molecule has 1 aliphatic carbocycles. The zero-order valence-corrected chi connectivity index (χ0v) is 17.8. The fourth-order valence-electron chi connectivity index (χ4n) is 4.07. The molecule has 0 aromatic carbocycles. The largest absolute Gasteiger partial charge is 0.469 e. The molecule has 27 heavy (non-hydrogen) atoms. The van der Waals surface area contributed by atoms with Crippen molar-refractivity contribution in [3.63, 3.8) is 0 Å². The predicted molar refractivity (Wildman–Crippen MR) is 105 cm³/mol. The summed E-state index contributed by atoms with van der Waals surface area (Å²) in [5.41, 5.74) is -0.443. The normalized spacial score (nSPS) is 20.7. The Morgan fingerprint density at radius 3 is 2.59 bits per heavy atom. The van der Waals surface area contributed by atoms with E-state index in [1.807, 2.05) is 32.6 Å². The quantitative estimate of drug-likeness (QED) is 0.773. The highest BCUT2D eigenvalue weighted by molar-refractivity contribution is 7.13. The molecule has 2 heterocycles. The van der Waals surface area contributed by atoms with E-state index in [9.17, 15) is 4.79 Å². The molecule has 1 spiro atoms. The number of nitrogens with zero attached hydrogens (tertiary/aromatic N) is 4. The van der Waals surface area contributed by atoms with Crippen LogP contribution in [-0.2, 0) is 11.3 Å². The van der Waals surface area contributed by atoms with Gasteiger partial charge in [-0.1, -0.05) is 30.6 Å². The van der Waals surface area contributed by atoms with E-state index in [0.717, 1.165) is 37.5 Å². The number of ether oxygens (including phenoxy) is 2. The van der Waals surface area contributed by atoms with Crippen LogP contribution in [0.3, 0.4) is 0 Å². The fourth-order valence-corrected chi connectivity index (χ4v) is 4.84. The molecule has 1 amide bonds. The van der Waals surface area contributed by atoms with Crippen molar-refractivity contribution in [2.75, 3.05) is 26.2 Å². The second-order valence-electron chi connectivity index (χ2n) is 8.50. The zero-order chi connectivity index (χ0) is 19.5. The van der Waals surface area contributed by atoms with Gasteiger partial charge in [0.25, 0.3) is 5.19 Å². The zero-order valence-electron chi connectivity index (χ0n) is 17.0. The van der Waals surface area contributed by atoms with Gasteiger partial charge in [-0.3, -0.25) is 4.90 Å². The summed E-state index contributed by atoms with van der Waals surface area (Å²) in [6.07, 6.45) is 5.72. The SMILES string of the molecule is CCOc1nnc(CN2CCN(C(=O)OC(C)(C)C)CC23CCCCC3)s1. The molecule has 1 aliphatic heterocycles. The van der Waals surface area contributed by atoms with Gasteiger partial charge in [-0.2, -0.15) is 0 Å². The number of aromatic nitrogens is 2. The van der Waals surface area contributed by atoms with Crippen molar-refractivity contribution in [2.24, 2.45) is 0 Å². The highest BCUT2D eigenvalue weighted by Crippen LogP contribution is 2.38. The Kier molecular flexibility index (Phi) is 6.25. The van der Waals surface area contributed by atoms with Gasteiger partial charge >= 0.3 is 6.09 Å². The van der Waals surface area contributed by atoms with Gasteiger partial charge < -0.3 is 14.4 Å². The minimum Gasteiger partial charge on any atom is -0.469 e. The smallest absolute Gasteiger partial charge is 0.410 e. The van der Waals surface area contributed by atoms with Crippen molar-refractivity contribution in [3.05, 3.63) is 5.01 Å². The number of carbonyl (C=O) groups excluding carboxylic acids is 1. The highest BCUT2D eigenvalue weighted by atomic mass is 32.1. The van der Waals surface area contributed by atoms with Crippen LogP contribution < -0.4 is 4.74 Å². The summed E-state index contributed by atoms with van der Waals surface area (Å²) < 4.78 is 11.1. The molecular weight excluding hydrogens is 364 g/mol. The van der Waals surface area contributed by atoms with E-state index in [2.05, 4.69) is 15.1 Å². The van der Waals surface area contributed by atoms with Crippen molar-refractivity contribution in [1.29, 1.82) is 0 Å². The van der Waals surface area contributed by atoms with Crippen LogP contribution in [-0.4, -0.2) is 63.5 Å². The molecule has 2 fully saturated rings. The number of piperazine rings is 1. The lowest BCUT2D eigenvalue weighted by atomic mass is 9.78. The Balaban J connectivity index is 1.71. The Labute approximate surface area is 166 Å². The summed E-state index contributed by atoms with van der Waals surface area (Å²) in [7, 11) is 0. The summed E-state index contributed by atoms with van der Waals surface area (Å²) in [4.78, 5) is 17.0. The molecule has 2 aliphatic rings. The van der Waals surface area contributed by atoms with Gasteiger partial charge in [-0.25, -0.2) is 4.79 Å². The fraction of sp³-hybridized carbons (Fsp3) is 0.842. The third-order valence-corrected chi connectivity index (χ3v) is 6.09. The first-order chi connectivity index (χ1) is 12.8. The average Bonchev–Trinajstić information content (AvgIpc) is 3.04. The summed E-state index contributed by atoms with van der Waals surface area (Å²) >= 11 is 1.52. The van der Waals surface area contributed by atoms with Crippen LogP contribution in [0, 0.1) is 0 Å². The van der Waals surface area contributed by atoms with Crippen LogP contribution in [0.4, 0.5) is 4.79 Å². The molecule has 1 saturated carbocycles. The van der Waals surface area contributed by atoms with Gasteiger partial charge in [0, 0.05) is 25.2 Å². The van der Waals surface area contributed by atoms with Crippen molar-refractivity contribution in [1.82, 2.24) is 20.0 Å². The molecule has 0 atom stereocenters. The molecule has 0 N–H and O–H groups in total. The second kappa shape index (κ2) is 8.31. The summed E-state index contributed by atoms with van der Waals surface area (Å²) in [5.74, 6) is 0. The molecule has 0 bridgehead atoms. The van der Waals surface area contributed by atoms with Gasteiger partial charge in [-0.15, -0.1) is 10.2 Å². The Hall–Kier alpha value is -1.41. The molecule has 1 saturated heterocycles. The summed E-state index contributed by atoms with van der Waals surface area (Å²) in [5, 5.41) is 10.0. The molecule has 1 aromatic heterocycles. The molecular formula is C19H32N4O3S. The Bertz CT molecular complexity index is 637. The van der Waals surface area contributed by atoms with Crippen LogP contribution in [0.2, 0.25) is 0 Å². The van der Waals surface area contributed by atoms with Crippen molar-refractivity contribution < 1.29 is 14.3 Å². The maximum absolute atomic E-state index is 12.6. The van der Waals surface area contributed by atoms with Crippen molar-refractivity contribution in [2.45, 2.75) is 77.5 Å². The van der Waals surface area contributed by atoms with Gasteiger partial charge in [0.05, 0.1) is 13.2 Å². The first-order valence-corrected chi connectivity index (χ1v) is 10.8. The minimum atomic E-state index is -0.462. The molecule has 8 heteroatoms. The number of amides is 1. The number of hydrogen-bond acceptors (Lipinski definition) is 7. The van der Waals surface area contributed by atoms with Crippen molar-refractivity contribution in [3.8, 4) is 5.19 Å². The topological polar surface area (TPSA) is 67.8 Å². The van der Waals surface area contributed by atoms with Crippen LogP contribution in [0.1, 0.15) is 64.8 Å². The lowest BCUT2D eigenvalue weighted by molar-refractivity contribution is -0.0444. The molecule has 7 nitrogen and oxygen atoms in total. The minimum absolute atomic E-state index is 0.0187. The maximum Gasteiger partial charge on any atom is 0.410 e. The molecule has 0 radical (unpaired) electrons. The van der Waals surface area contributed by atoms with Crippen LogP contribution in [0.25, 0.3) is 0 Å². The first kappa shape index (κ1) is 20.3. The van der Waals surface area contributed by atoms with Gasteiger partial charge in [0.1, 0.15) is 10.6 Å². The Morgan fingerprint density at radius 1 is 1.19 bits per heavy atom. The van der Waals surface area contributed by atoms with E-state index in [1.54, 1.807) is 0 Å². The van der Waals surface area contributed by atoms with Crippen LogP contribution in [0.15, 0.2) is 0 Å². The van der Waals surface area contributed by atoms with E-state index in [-0.39, 0.29) is 11.6 Å². The third-order valence-electron chi connectivity index (χ3n) is 5.27. The molecule has 3 rings (SSSR count). The maximum atomic E-state index is 12.6. The van der Waals surface area contributed by atoms with E-state index < -0.39 is 5.60 Å². The monoisotopic (exact) mass is 396 g/mol. The number of hydrogen-bond donors (Lipinski definition) is 0. The number of carbonyl (C=O) groups is 1. The summed E-state index contributed by atoms with van der Waals surface area (Å²) in [6, 6.07) is 0. The molecule has 152 valence electrons. The second-order valence-corrected chi connectivity index (χ2v) is 9.53. The van der Waals surface area contributed by atoms with Crippen LogP contribution in [0.5, 0.6) is 5.19 Å². The average molecular weight is 397 g/mol. The van der Waals surface area contributed by atoms with E-state index in [0.29, 0.717) is 18.3 Å². The highest BCUT2D eigenvalue weighted by Gasteiger charge is 2.44. The van der Waals surface area contributed by atoms with Crippen molar-refractivity contribution >= 4 is 17.4 Å². The lowest BCUT2D eigenvalue weighted by Gasteiger charge is -2.52. The lowest BCUT2D eigenvalue weighted by Crippen LogP contribution is -2.63. The van der Waals surface area contributed by atoms with Gasteiger partial charge in [0.15, 0.2) is 0 Å². The standard InChI is InChI=1S/C19H32N4O3S/c1-5-25-16-21-20-15(27-16)13-23-12-11-22(17(24)26-18(2,3)4)14-19(23)9-7-6-8-10-19/h5-14H2,1-4H3.